The molecule has 0 aliphatic rings. The van der Waals surface area contributed by atoms with Crippen LogP contribution in [0.25, 0.3) is 21.8 Å². The van der Waals surface area contributed by atoms with Crippen molar-refractivity contribution >= 4 is 27.8 Å². The molecule has 0 fully saturated rings. The lowest BCUT2D eigenvalue weighted by atomic mass is 10.0. The molecule has 0 bridgehead atoms. The fraction of sp³-hybridized carbons (Fsp3) is 0.190. The Balaban J connectivity index is 1.85. The molecule has 140 valence electrons. The largest absolute Gasteiger partial charge is 0.496 e. The highest BCUT2D eigenvalue weighted by atomic mass is 16.5. The van der Waals surface area contributed by atoms with Gasteiger partial charge in [0.1, 0.15) is 5.75 Å². The normalized spacial score (nSPS) is 11.0. The SMILES string of the molecule is COc1cc(C)c2[nH]ccc2c1Cn1cc2ccc(C#N)c(CC(=O)O)c2n1. The van der Waals surface area contributed by atoms with E-state index in [4.69, 9.17) is 4.74 Å². The number of methoxy groups -OCH3 is 1. The molecule has 0 atom stereocenters. The molecule has 7 heteroatoms. The number of carboxylic acids is 1. The predicted molar refractivity (Wildman–Crippen MR) is 104 cm³/mol. The number of ether oxygens (including phenoxy) is 1. The van der Waals surface area contributed by atoms with Crippen LogP contribution < -0.4 is 4.74 Å². The summed E-state index contributed by atoms with van der Waals surface area (Å²) in [5, 5.41) is 25.0. The second-order valence-electron chi connectivity index (χ2n) is 6.68. The van der Waals surface area contributed by atoms with Gasteiger partial charge in [0.15, 0.2) is 0 Å². The number of hydrogen-bond acceptors (Lipinski definition) is 4. The molecule has 4 aromatic rings. The van der Waals surface area contributed by atoms with Gasteiger partial charge >= 0.3 is 5.97 Å². The van der Waals surface area contributed by atoms with Crippen LogP contribution in [0.5, 0.6) is 5.75 Å². The Hall–Kier alpha value is -3.79. The average molecular weight is 374 g/mol. The molecule has 0 unspecified atom stereocenters. The molecule has 7 nitrogen and oxygen atoms in total. The number of nitrogens with one attached hydrogen (secondary N) is 1. The zero-order valence-corrected chi connectivity index (χ0v) is 15.5. The Morgan fingerprint density at radius 2 is 2.18 bits per heavy atom. The number of nitriles is 1. The third-order valence-electron chi connectivity index (χ3n) is 4.93. The van der Waals surface area contributed by atoms with Crippen LogP contribution in [-0.4, -0.2) is 33.0 Å². The number of carboxylic acid groups (broad SMARTS) is 1. The van der Waals surface area contributed by atoms with Crippen molar-refractivity contribution in [3.05, 3.63) is 58.9 Å². The van der Waals surface area contributed by atoms with E-state index in [2.05, 4.69) is 16.2 Å². The maximum Gasteiger partial charge on any atom is 0.307 e. The first-order chi connectivity index (χ1) is 13.5. The van der Waals surface area contributed by atoms with Gasteiger partial charge in [-0.05, 0) is 36.8 Å². The molecule has 0 saturated carbocycles. The van der Waals surface area contributed by atoms with E-state index in [9.17, 15) is 15.2 Å². The fourth-order valence-corrected chi connectivity index (χ4v) is 3.65. The number of fused-ring (bicyclic) bond motifs is 2. The Labute approximate surface area is 160 Å². The summed E-state index contributed by atoms with van der Waals surface area (Å²) in [6.07, 6.45) is 3.51. The summed E-state index contributed by atoms with van der Waals surface area (Å²) in [5.41, 5.74) is 4.43. The first-order valence-electron chi connectivity index (χ1n) is 8.76. The number of carbonyl (C=O) groups is 1. The number of aryl methyl sites for hydroxylation is 1. The Morgan fingerprint density at radius 1 is 1.36 bits per heavy atom. The van der Waals surface area contributed by atoms with Gasteiger partial charge in [-0.3, -0.25) is 9.48 Å². The number of aliphatic carboxylic acids is 1. The lowest BCUT2D eigenvalue weighted by Gasteiger charge is -2.12. The summed E-state index contributed by atoms with van der Waals surface area (Å²) >= 11 is 0. The van der Waals surface area contributed by atoms with Gasteiger partial charge < -0.3 is 14.8 Å². The smallest absolute Gasteiger partial charge is 0.307 e. The summed E-state index contributed by atoms with van der Waals surface area (Å²) in [7, 11) is 1.64. The van der Waals surface area contributed by atoms with E-state index in [0.717, 1.165) is 33.2 Å². The van der Waals surface area contributed by atoms with Crippen molar-refractivity contribution in [3.63, 3.8) is 0 Å². The fourth-order valence-electron chi connectivity index (χ4n) is 3.65. The first kappa shape index (κ1) is 17.6. The van der Waals surface area contributed by atoms with E-state index in [1.54, 1.807) is 23.9 Å². The maximum absolute atomic E-state index is 11.2. The van der Waals surface area contributed by atoms with E-state index in [1.165, 1.54) is 0 Å². The van der Waals surface area contributed by atoms with Crippen molar-refractivity contribution in [1.29, 1.82) is 5.26 Å². The van der Waals surface area contributed by atoms with Crippen LogP contribution in [0.3, 0.4) is 0 Å². The van der Waals surface area contributed by atoms with Gasteiger partial charge in [0, 0.05) is 39.8 Å². The van der Waals surface area contributed by atoms with Crippen molar-refractivity contribution in [2.24, 2.45) is 0 Å². The highest BCUT2D eigenvalue weighted by Gasteiger charge is 2.17. The quantitative estimate of drug-likeness (QED) is 0.557. The topological polar surface area (TPSA) is 104 Å². The van der Waals surface area contributed by atoms with Crippen LogP contribution in [0.15, 0.2) is 36.7 Å². The van der Waals surface area contributed by atoms with Crippen LogP contribution >= 0.6 is 0 Å². The number of H-pyrrole nitrogens is 1. The van der Waals surface area contributed by atoms with Crippen LogP contribution in [-0.2, 0) is 17.8 Å². The van der Waals surface area contributed by atoms with Gasteiger partial charge in [-0.15, -0.1) is 0 Å². The van der Waals surface area contributed by atoms with Gasteiger partial charge in [0.05, 0.1) is 37.2 Å². The molecule has 2 aromatic heterocycles. The number of rotatable bonds is 5. The third-order valence-corrected chi connectivity index (χ3v) is 4.93. The van der Waals surface area contributed by atoms with Crippen molar-refractivity contribution in [1.82, 2.24) is 14.8 Å². The Bertz CT molecular complexity index is 1260. The summed E-state index contributed by atoms with van der Waals surface area (Å²) in [6.45, 7) is 2.48. The summed E-state index contributed by atoms with van der Waals surface area (Å²) in [5.74, 6) is -0.222. The molecular formula is C21H18N4O3. The van der Waals surface area contributed by atoms with E-state index < -0.39 is 5.97 Å². The number of aromatic nitrogens is 3. The minimum Gasteiger partial charge on any atom is -0.496 e. The molecule has 0 aliphatic carbocycles. The predicted octanol–water partition coefficient (Wildman–Crippen LogP) is 3.38. The van der Waals surface area contributed by atoms with Crippen molar-refractivity contribution in [2.75, 3.05) is 7.11 Å². The van der Waals surface area contributed by atoms with E-state index in [-0.39, 0.29) is 6.42 Å². The number of aromatic amines is 1. The van der Waals surface area contributed by atoms with Gasteiger partial charge in [-0.25, -0.2) is 0 Å². The molecule has 4 rings (SSSR count). The lowest BCUT2D eigenvalue weighted by Crippen LogP contribution is -2.05. The summed E-state index contributed by atoms with van der Waals surface area (Å²) in [6, 6.07) is 9.49. The van der Waals surface area contributed by atoms with Crippen LogP contribution in [0.4, 0.5) is 0 Å². The van der Waals surface area contributed by atoms with Crippen molar-refractivity contribution in [2.45, 2.75) is 19.9 Å². The molecule has 0 spiro atoms. The number of nitrogens with zero attached hydrogens (tertiary/aromatic N) is 3. The molecule has 0 aliphatic heterocycles. The first-order valence-corrected chi connectivity index (χ1v) is 8.76. The summed E-state index contributed by atoms with van der Waals surface area (Å²) < 4.78 is 7.35. The zero-order chi connectivity index (χ0) is 19.8. The van der Waals surface area contributed by atoms with Gasteiger partial charge in [0.25, 0.3) is 0 Å². The summed E-state index contributed by atoms with van der Waals surface area (Å²) in [4.78, 5) is 14.5. The third kappa shape index (κ3) is 2.85. The highest BCUT2D eigenvalue weighted by molar-refractivity contribution is 5.89. The highest BCUT2D eigenvalue weighted by Crippen LogP contribution is 2.31. The van der Waals surface area contributed by atoms with Crippen LogP contribution in [0.2, 0.25) is 0 Å². The van der Waals surface area contributed by atoms with Gasteiger partial charge in [-0.1, -0.05) is 0 Å². The average Bonchev–Trinajstić information content (AvgIpc) is 3.31. The van der Waals surface area contributed by atoms with Gasteiger partial charge in [0.2, 0.25) is 0 Å². The lowest BCUT2D eigenvalue weighted by molar-refractivity contribution is -0.136. The molecule has 2 aromatic carbocycles. The Morgan fingerprint density at radius 3 is 2.89 bits per heavy atom. The minimum atomic E-state index is -0.993. The standard InChI is InChI=1S/C21H18N4O3/c1-12-7-18(28-2)17(15-5-6-23-20(12)15)11-25-10-14-4-3-13(9-22)16(8-19(26)27)21(14)24-25/h3-7,10,23H,8,11H2,1-2H3,(H,26,27). The molecule has 0 saturated heterocycles. The van der Waals surface area contributed by atoms with Crippen LogP contribution in [0, 0.1) is 18.3 Å². The van der Waals surface area contributed by atoms with Gasteiger partial charge in [-0.2, -0.15) is 10.4 Å². The second kappa shape index (κ2) is 6.74. The monoisotopic (exact) mass is 374 g/mol. The molecule has 2 N–H and O–H groups in total. The number of hydrogen-bond donors (Lipinski definition) is 2. The Kier molecular flexibility index (Phi) is 4.24. The second-order valence-corrected chi connectivity index (χ2v) is 6.68. The zero-order valence-electron chi connectivity index (χ0n) is 15.5. The van der Waals surface area contributed by atoms with Crippen LogP contribution in [0.1, 0.15) is 22.3 Å². The molecule has 2 heterocycles. The molecule has 28 heavy (non-hydrogen) atoms. The van der Waals surface area contributed by atoms with Crippen molar-refractivity contribution in [3.8, 4) is 11.8 Å². The number of benzene rings is 2. The maximum atomic E-state index is 11.2. The molecule has 0 radical (unpaired) electrons. The van der Waals surface area contributed by atoms with E-state index in [1.807, 2.05) is 31.5 Å². The minimum absolute atomic E-state index is 0.243. The van der Waals surface area contributed by atoms with E-state index in [0.29, 0.717) is 23.2 Å². The van der Waals surface area contributed by atoms with Crippen molar-refractivity contribution < 1.29 is 14.6 Å². The van der Waals surface area contributed by atoms with E-state index >= 15 is 0 Å². The molecular weight excluding hydrogens is 356 g/mol. The molecule has 0 amide bonds.